The fourth-order valence-corrected chi connectivity index (χ4v) is 1.93. The summed E-state index contributed by atoms with van der Waals surface area (Å²) in [4.78, 5) is 23.1. The van der Waals surface area contributed by atoms with E-state index in [1.54, 1.807) is 6.92 Å². The number of rotatable bonds is 10. The molecule has 0 aromatic heterocycles. The first-order valence-corrected chi connectivity index (χ1v) is 7.38. The lowest BCUT2D eigenvalue weighted by atomic mass is 10.0. The summed E-state index contributed by atoms with van der Waals surface area (Å²) in [6, 6.07) is 0. The Kier molecular flexibility index (Phi) is 9.77. The molecule has 0 aromatic carbocycles. The summed E-state index contributed by atoms with van der Waals surface area (Å²) in [5.41, 5.74) is 0.327. The van der Waals surface area contributed by atoms with Crippen molar-refractivity contribution in [2.75, 3.05) is 13.7 Å². The molecule has 0 spiro atoms. The molecule has 0 aliphatic heterocycles. The first kappa shape index (κ1) is 18.7. The summed E-state index contributed by atoms with van der Waals surface area (Å²) < 4.78 is 9.90. The third-order valence-corrected chi connectivity index (χ3v) is 3.44. The van der Waals surface area contributed by atoms with E-state index >= 15 is 0 Å². The van der Waals surface area contributed by atoms with Gasteiger partial charge in [-0.15, -0.1) is 0 Å². The van der Waals surface area contributed by atoms with Gasteiger partial charge in [0, 0.05) is 5.57 Å². The lowest BCUT2D eigenvalue weighted by Gasteiger charge is -2.16. The third-order valence-electron chi connectivity index (χ3n) is 3.44. The average molecular weight is 284 g/mol. The summed E-state index contributed by atoms with van der Waals surface area (Å²) in [6.45, 7) is 10.1. The standard InChI is InChI=1S/C16H28O4/c1-6-8-9-14(7-2)11-20-16(18)13(4)10-12(3)15(17)19-5/h12,14H,4,6-11H2,1-3,5H3. The molecule has 20 heavy (non-hydrogen) atoms. The third kappa shape index (κ3) is 7.31. The lowest BCUT2D eigenvalue weighted by molar-refractivity contribution is -0.145. The lowest BCUT2D eigenvalue weighted by Crippen LogP contribution is -2.19. The molecule has 0 aliphatic carbocycles. The van der Waals surface area contributed by atoms with E-state index in [4.69, 9.17) is 4.74 Å². The van der Waals surface area contributed by atoms with Gasteiger partial charge in [-0.25, -0.2) is 4.79 Å². The predicted octanol–water partition coefficient (Wildman–Crippen LogP) is 3.50. The van der Waals surface area contributed by atoms with Gasteiger partial charge in [-0.2, -0.15) is 0 Å². The molecule has 0 saturated carbocycles. The maximum Gasteiger partial charge on any atom is 0.333 e. The molecule has 0 saturated heterocycles. The van der Waals surface area contributed by atoms with E-state index in [1.165, 1.54) is 7.11 Å². The summed E-state index contributed by atoms with van der Waals surface area (Å²) in [5, 5.41) is 0. The smallest absolute Gasteiger partial charge is 0.333 e. The fraction of sp³-hybridized carbons (Fsp3) is 0.750. The molecular formula is C16H28O4. The Morgan fingerprint density at radius 3 is 2.40 bits per heavy atom. The van der Waals surface area contributed by atoms with Crippen molar-refractivity contribution in [3.8, 4) is 0 Å². The van der Waals surface area contributed by atoms with Gasteiger partial charge in [-0.3, -0.25) is 4.79 Å². The maximum atomic E-state index is 11.8. The van der Waals surface area contributed by atoms with Gasteiger partial charge < -0.3 is 9.47 Å². The van der Waals surface area contributed by atoms with Crippen LogP contribution in [0.1, 0.15) is 52.9 Å². The van der Waals surface area contributed by atoms with Gasteiger partial charge in [0.05, 0.1) is 19.6 Å². The van der Waals surface area contributed by atoms with Gasteiger partial charge in [0.2, 0.25) is 0 Å². The van der Waals surface area contributed by atoms with Gasteiger partial charge in [0.25, 0.3) is 0 Å². The Morgan fingerprint density at radius 2 is 1.90 bits per heavy atom. The van der Waals surface area contributed by atoms with Crippen LogP contribution in [0.4, 0.5) is 0 Å². The first-order chi connectivity index (χ1) is 9.46. The van der Waals surface area contributed by atoms with Crippen LogP contribution in [0, 0.1) is 11.8 Å². The quantitative estimate of drug-likeness (QED) is 0.455. The fourth-order valence-electron chi connectivity index (χ4n) is 1.93. The normalized spacial score (nSPS) is 13.4. The number of methoxy groups -OCH3 is 1. The van der Waals surface area contributed by atoms with E-state index in [9.17, 15) is 9.59 Å². The molecule has 2 unspecified atom stereocenters. The summed E-state index contributed by atoms with van der Waals surface area (Å²) >= 11 is 0. The van der Waals surface area contributed by atoms with E-state index in [0.717, 1.165) is 25.7 Å². The molecule has 0 N–H and O–H groups in total. The van der Waals surface area contributed by atoms with Gasteiger partial charge in [0.1, 0.15) is 0 Å². The molecule has 2 atom stereocenters. The summed E-state index contributed by atoms with van der Waals surface area (Å²) in [5.74, 6) is -0.712. The summed E-state index contributed by atoms with van der Waals surface area (Å²) in [6.07, 6.45) is 4.64. The minimum atomic E-state index is -0.407. The van der Waals surface area contributed by atoms with Gasteiger partial charge in [-0.1, -0.05) is 46.6 Å². The topological polar surface area (TPSA) is 52.6 Å². The molecule has 116 valence electrons. The van der Waals surface area contributed by atoms with Crippen LogP contribution >= 0.6 is 0 Å². The Bertz CT molecular complexity index is 322. The van der Waals surface area contributed by atoms with Crippen molar-refractivity contribution in [2.45, 2.75) is 52.9 Å². The van der Waals surface area contributed by atoms with Crippen LogP contribution in [0.25, 0.3) is 0 Å². The van der Waals surface area contributed by atoms with Crippen LogP contribution in [0.15, 0.2) is 12.2 Å². The van der Waals surface area contributed by atoms with Crippen LogP contribution in [0.3, 0.4) is 0 Å². The molecule has 0 fully saturated rings. The summed E-state index contributed by atoms with van der Waals surface area (Å²) in [7, 11) is 1.33. The van der Waals surface area contributed by atoms with Crippen molar-refractivity contribution >= 4 is 11.9 Å². The molecule has 0 radical (unpaired) electrons. The second kappa shape index (κ2) is 10.5. The predicted molar refractivity (Wildman–Crippen MR) is 79.2 cm³/mol. The van der Waals surface area contributed by atoms with Crippen LogP contribution in [0.5, 0.6) is 0 Å². The van der Waals surface area contributed by atoms with Gasteiger partial charge in [-0.05, 0) is 18.8 Å². The van der Waals surface area contributed by atoms with Crippen LogP contribution in [-0.2, 0) is 19.1 Å². The maximum absolute atomic E-state index is 11.8. The highest BCUT2D eigenvalue weighted by molar-refractivity contribution is 5.88. The second-order valence-electron chi connectivity index (χ2n) is 5.25. The zero-order valence-electron chi connectivity index (χ0n) is 13.2. The molecule has 0 heterocycles. The van der Waals surface area contributed by atoms with Crippen LogP contribution < -0.4 is 0 Å². The highest BCUT2D eigenvalue weighted by atomic mass is 16.5. The molecule has 0 rings (SSSR count). The van der Waals surface area contributed by atoms with Crippen molar-refractivity contribution < 1.29 is 19.1 Å². The number of hydrogen-bond acceptors (Lipinski definition) is 4. The number of unbranched alkanes of at least 4 members (excludes halogenated alkanes) is 1. The van der Waals surface area contributed by atoms with Crippen LogP contribution in [-0.4, -0.2) is 25.7 Å². The van der Waals surface area contributed by atoms with E-state index in [2.05, 4.69) is 25.2 Å². The van der Waals surface area contributed by atoms with E-state index in [0.29, 0.717) is 18.1 Å². The minimum absolute atomic E-state index is 0.275. The largest absolute Gasteiger partial charge is 0.469 e. The van der Waals surface area contributed by atoms with Crippen molar-refractivity contribution in [2.24, 2.45) is 11.8 Å². The Balaban J connectivity index is 4.13. The molecule has 0 bridgehead atoms. The molecule has 0 amide bonds. The van der Waals surface area contributed by atoms with E-state index < -0.39 is 5.97 Å². The second-order valence-corrected chi connectivity index (χ2v) is 5.25. The van der Waals surface area contributed by atoms with Gasteiger partial charge >= 0.3 is 11.9 Å². The molecule has 4 heteroatoms. The molecule has 0 aliphatic rings. The Labute approximate surface area is 122 Å². The van der Waals surface area contributed by atoms with E-state index in [-0.39, 0.29) is 18.3 Å². The number of hydrogen-bond donors (Lipinski definition) is 0. The monoisotopic (exact) mass is 284 g/mol. The van der Waals surface area contributed by atoms with Crippen molar-refractivity contribution in [3.05, 3.63) is 12.2 Å². The number of ether oxygens (including phenoxy) is 2. The zero-order chi connectivity index (χ0) is 15.5. The van der Waals surface area contributed by atoms with Crippen molar-refractivity contribution in [1.82, 2.24) is 0 Å². The van der Waals surface area contributed by atoms with Gasteiger partial charge in [0.15, 0.2) is 0 Å². The highest BCUT2D eigenvalue weighted by Crippen LogP contribution is 2.16. The Hall–Kier alpha value is -1.32. The molecular weight excluding hydrogens is 256 g/mol. The van der Waals surface area contributed by atoms with Crippen LogP contribution in [0.2, 0.25) is 0 Å². The average Bonchev–Trinajstić information content (AvgIpc) is 2.45. The SMILES string of the molecule is C=C(CC(C)C(=O)OC)C(=O)OCC(CC)CCCC. The molecule has 4 nitrogen and oxygen atoms in total. The minimum Gasteiger partial charge on any atom is -0.469 e. The number of carbonyl (C=O) groups excluding carboxylic acids is 2. The Morgan fingerprint density at radius 1 is 1.25 bits per heavy atom. The molecule has 0 aromatic rings. The van der Waals surface area contributed by atoms with Crippen molar-refractivity contribution in [1.29, 1.82) is 0 Å². The zero-order valence-corrected chi connectivity index (χ0v) is 13.2. The highest BCUT2D eigenvalue weighted by Gasteiger charge is 2.19. The van der Waals surface area contributed by atoms with Crippen molar-refractivity contribution in [3.63, 3.8) is 0 Å². The first-order valence-electron chi connectivity index (χ1n) is 7.38. The number of esters is 2. The number of carbonyl (C=O) groups is 2. The van der Waals surface area contributed by atoms with E-state index in [1.807, 2.05) is 0 Å².